The van der Waals surface area contributed by atoms with Crippen molar-refractivity contribution in [2.75, 3.05) is 5.32 Å². The van der Waals surface area contributed by atoms with Gasteiger partial charge in [-0.2, -0.15) is 0 Å². The molecule has 180 valence electrons. The number of nitrogens with one attached hydrogen (secondary N) is 2. The first-order valence-electron chi connectivity index (χ1n) is 11.1. The maximum atomic E-state index is 12.7. The summed E-state index contributed by atoms with van der Waals surface area (Å²) in [4.78, 5) is 26.3. The molecule has 7 heteroatoms. The molecule has 2 rings (SSSR count). The van der Waals surface area contributed by atoms with E-state index in [1.807, 2.05) is 39.0 Å². The van der Waals surface area contributed by atoms with Gasteiger partial charge in [0.2, 0.25) is 11.8 Å². The number of benzene rings is 1. The summed E-state index contributed by atoms with van der Waals surface area (Å²) < 4.78 is 12.7. The van der Waals surface area contributed by atoms with E-state index in [4.69, 9.17) is 0 Å². The Balaban J connectivity index is 0.000000602. The molecule has 0 bridgehead atoms. The number of para-hydroxylation sites is 1. The Hall–Kier alpha value is -3.48. The molecule has 0 unspecified atom stereocenters. The van der Waals surface area contributed by atoms with E-state index in [0.29, 0.717) is 17.8 Å². The maximum Gasteiger partial charge on any atom is 0.225 e. The first kappa shape index (κ1) is 29.5. The quantitative estimate of drug-likeness (QED) is 0.582. The standard InChI is InChI=1S/C15H20N2O.C9H10FNO2.C2H6/c1-4-7-9-15(18)17-14-10-12(6-3)13(8-5-2)11-16-14;1-6(12)11-5-7-3-2-4-8(10)9(7)13;1-2/h5-6,8,10-11H,2,4,7,9H2,1,3H3,(H,17,18);2-4,13H,5H2,1H3,(H,11,12);1-2H3/b12-6-,13-8-;;. The second-order valence-corrected chi connectivity index (χ2v) is 6.70. The summed E-state index contributed by atoms with van der Waals surface area (Å²) in [5.74, 6) is -0.681. The SMILES string of the molecule is C=C/C=c1/cnc(NC(=O)CCCC)c/c1=C/C.CC.CC(=O)NCc1cccc(F)c1O. The zero-order valence-corrected chi connectivity index (χ0v) is 20.2. The van der Waals surface area contributed by atoms with Crippen LogP contribution in [0.4, 0.5) is 10.2 Å². The number of unbranched alkanes of at least 4 members (excludes halogenated alkanes) is 1. The van der Waals surface area contributed by atoms with E-state index in [0.717, 1.165) is 29.3 Å². The maximum absolute atomic E-state index is 12.7. The molecule has 1 heterocycles. The average Bonchev–Trinajstić information content (AvgIpc) is 2.81. The van der Waals surface area contributed by atoms with Gasteiger partial charge in [0.1, 0.15) is 5.82 Å². The Kier molecular flexibility index (Phi) is 15.3. The van der Waals surface area contributed by atoms with Crippen LogP contribution in [0, 0.1) is 5.82 Å². The van der Waals surface area contributed by atoms with Gasteiger partial charge in [-0.05, 0) is 35.9 Å². The molecule has 0 aliphatic heterocycles. The average molecular weight is 458 g/mol. The third kappa shape index (κ3) is 11.6. The fraction of sp³-hybridized carbons (Fsp3) is 0.346. The molecule has 0 spiro atoms. The van der Waals surface area contributed by atoms with Crippen molar-refractivity contribution in [1.29, 1.82) is 0 Å². The first-order chi connectivity index (χ1) is 15.8. The van der Waals surface area contributed by atoms with E-state index < -0.39 is 11.6 Å². The van der Waals surface area contributed by atoms with Crippen molar-refractivity contribution in [2.45, 2.75) is 60.4 Å². The zero-order chi connectivity index (χ0) is 25.2. The van der Waals surface area contributed by atoms with E-state index in [9.17, 15) is 19.1 Å². The van der Waals surface area contributed by atoms with E-state index in [1.165, 1.54) is 13.0 Å². The Morgan fingerprint density at radius 1 is 1.24 bits per heavy atom. The lowest BCUT2D eigenvalue weighted by Crippen LogP contribution is -2.26. The first-order valence-corrected chi connectivity index (χ1v) is 11.1. The van der Waals surface area contributed by atoms with E-state index in [-0.39, 0.29) is 18.4 Å². The summed E-state index contributed by atoms with van der Waals surface area (Å²) in [6.07, 6.45) is 9.81. The van der Waals surface area contributed by atoms with Crippen molar-refractivity contribution in [1.82, 2.24) is 10.3 Å². The highest BCUT2D eigenvalue weighted by Gasteiger charge is 2.06. The van der Waals surface area contributed by atoms with Gasteiger partial charge in [0.05, 0.1) is 0 Å². The number of amides is 2. The number of pyridine rings is 1. The lowest BCUT2D eigenvalue weighted by molar-refractivity contribution is -0.119. The van der Waals surface area contributed by atoms with Gasteiger partial charge in [-0.3, -0.25) is 9.59 Å². The Morgan fingerprint density at radius 2 is 1.94 bits per heavy atom. The summed E-state index contributed by atoms with van der Waals surface area (Å²) in [5, 5.41) is 16.5. The number of hydrogen-bond acceptors (Lipinski definition) is 4. The molecular weight excluding hydrogens is 421 g/mol. The van der Waals surface area contributed by atoms with Crippen molar-refractivity contribution in [3.05, 3.63) is 64.9 Å². The number of aromatic nitrogens is 1. The molecule has 0 aliphatic carbocycles. The minimum Gasteiger partial charge on any atom is -0.505 e. The molecule has 3 N–H and O–H groups in total. The molecular formula is C26H36FN3O3. The Bertz CT molecular complexity index is 1020. The minimum absolute atomic E-state index is 0.0202. The van der Waals surface area contributed by atoms with E-state index >= 15 is 0 Å². The van der Waals surface area contributed by atoms with Gasteiger partial charge in [0.15, 0.2) is 11.6 Å². The molecule has 2 aromatic rings. The number of phenols is 1. The summed E-state index contributed by atoms with van der Waals surface area (Å²) in [6.45, 7) is 13.2. The van der Waals surface area contributed by atoms with Gasteiger partial charge in [0.25, 0.3) is 0 Å². The molecule has 1 aromatic heterocycles. The molecule has 0 saturated carbocycles. The predicted octanol–water partition coefficient (Wildman–Crippen LogP) is 4.17. The van der Waals surface area contributed by atoms with Crippen LogP contribution in [0.15, 0.2) is 43.1 Å². The second-order valence-electron chi connectivity index (χ2n) is 6.70. The highest BCUT2D eigenvalue weighted by atomic mass is 19.1. The number of anilines is 1. The normalized spacial score (nSPS) is 10.8. The van der Waals surface area contributed by atoms with Crippen LogP contribution < -0.4 is 21.1 Å². The number of halogens is 1. The Morgan fingerprint density at radius 3 is 2.52 bits per heavy atom. The number of carbonyl (C=O) groups is 2. The third-order valence-electron chi connectivity index (χ3n) is 4.20. The molecule has 0 aliphatic rings. The van der Waals surface area contributed by atoms with Crippen molar-refractivity contribution in [3.8, 4) is 5.75 Å². The van der Waals surface area contributed by atoms with Crippen LogP contribution in [-0.2, 0) is 16.1 Å². The number of nitrogens with zero attached hydrogens (tertiary/aromatic N) is 1. The number of aromatic hydroxyl groups is 1. The smallest absolute Gasteiger partial charge is 0.225 e. The van der Waals surface area contributed by atoms with Gasteiger partial charge in [0, 0.05) is 31.6 Å². The predicted molar refractivity (Wildman–Crippen MR) is 133 cm³/mol. The second kappa shape index (κ2) is 17.1. The van der Waals surface area contributed by atoms with Crippen molar-refractivity contribution < 1.29 is 19.1 Å². The fourth-order valence-corrected chi connectivity index (χ4v) is 2.53. The lowest BCUT2D eigenvalue weighted by Gasteiger charge is -2.04. The van der Waals surface area contributed by atoms with Crippen LogP contribution in [0.2, 0.25) is 0 Å². The number of carbonyl (C=O) groups excluding carboxylic acids is 2. The minimum atomic E-state index is -0.678. The Labute approximate surface area is 196 Å². The summed E-state index contributed by atoms with van der Waals surface area (Å²) >= 11 is 0. The number of allylic oxidation sites excluding steroid dienone is 1. The number of rotatable bonds is 7. The van der Waals surface area contributed by atoms with Gasteiger partial charge in [-0.15, -0.1) is 0 Å². The van der Waals surface area contributed by atoms with Gasteiger partial charge < -0.3 is 15.7 Å². The third-order valence-corrected chi connectivity index (χ3v) is 4.20. The van der Waals surface area contributed by atoms with Gasteiger partial charge in [-0.25, -0.2) is 9.37 Å². The van der Waals surface area contributed by atoms with Crippen molar-refractivity contribution in [3.63, 3.8) is 0 Å². The van der Waals surface area contributed by atoms with Gasteiger partial charge in [-0.1, -0.05) is 64.1 Å². The molecule has 1 aromatic carbocycles. The highest BCUT2D eigenvalue weighted by molar-refractivity contribution is 5.89. The molecule has 0 atom stereocenters. The van der Waals surface area contributed by atoms with Crippen molar-refractivity contribution >= 4 is 29.8 Å². The topological polar surface area (TPSA) is 91.3 Å². The molecule has 0 saturated heterocycles. The largest absolute Gasteiger partial charge is 0.505 e. The van der Waals surface area contributed by atoms with Crippen molar-refractivity contribution in [2.24, 2.45) is 0 Å². The lowest BCUT2D eigenvalue weighted by atomic mass is 10.2. The fourth-order valence-electron chi connectivity index (χ4n) is 2.53. The molecule has 33 heavy (non-hydrogen) atoms. The number of phenolic OH excluding ortho intramolecular Hbond substituents is 1. The highest BCUT2D eigenvalue weighted by Crippen LogP contribution is 2.20. The monoisotopic (exact) mass is 457 g/mol. The van der Waals surface area contributed by atoms with Crippen LogP contribution >= 0.6 is 0 Å². The van der Waals surface area contributed by atoms with Crippen LogP contribution in [-0.4, -0.2) is 21.9 Å². The summed E-state index contributed by atoms with van der Waals surface area (Å²) in [7, 11) is 0. The van der Waals surface area contributed by atoms with E-state index in [2.05, 4.69) is 29.1 Å². The van der Waals surface area contributed by atoms with Crippen LogP contribution in [0.25, 0.3) is 12.2 Å². The molecule has 2 amide bonds. The summed E-state index contributed by atoms with van der Waals surface area (Å²) in [6, 6.07) is 6.06. The van der Waals surface area contributed by atoms with Crippen LogP contribution in [0.3, 0.4) is 0 Å². The van der Waals surface area contributed by atoms with Crippen LogP contribution in [0.1, 0.15) is 59.4 Å². The van der Waals surface area contributed by atoms with Crippen LogP contribution in [0.5, 0.6) is 5.75 Å². The number of hydrogen-bond donors (Lipinski definition) is 3. The summed E-state index contributed by atoms with van der Waals surface area (Å²) in [5.41, 5.74) is 0.371. The van der Waals surface area contributed by atoms with E-state index in [1.54, 1.807) is 18.3 Å². The zero-order valence-electron chi connectivity index (χ0n) is 20.2. The molecule has 6 nitrogen and oxygen atoms in total. The molecule has 0 fully saturated rings. The molecule has 0 radical (unpaired) electrons. The van der Waals surface area contributed by atoms with Gasteiger partial charge >= 0.3 is 0 Å².